The molecular formula is C16H18F3N3O. The minimum Gasteiger partial charge on any atom is -0.349 e. The highest BCUT2D eigenvalue weighted by Gasteiger charge is 2.30. The number of hydrogen-bond acceptors (Lipinski definition) is 2. The molecule has 1 aromatic carbocycles. The number of rotatable bonds is 5. The van der Waals surface area contributed by atoms with Crippen molar-refractivity contribution in [1.82, 2.24) is 15.1 Å². The van der Waals surface area contributed by atoms with Gasteiger partial charge in [-0.3, -0.25) is 9.48 Å². The van der Waals surface area contributed by atoms with E-state index in [4.69, 9.17) is 0 Å². The fourth-order valence-electron chi connectivity index (χ4n) is 2.28. The first-order chi connectivity index (χ1) is 10.8. The Balaban J connectivity index is 1.98. The Kier molecular flexibility index (Phi) is 5.08. The highest BCUT2D eigenvalue weighted by atomic mass is 19.4. The Morgan fingerprint density at radius 2 is 1.96 bits per heavy atom. The van der Waals surface area contributed by atoms with E-state index in [0.29, 0.717) is 12.0 Å². The van der Waals surface area contributed by atoms with Gasteiger partial charge in [-0.25, -0.2) is 0 Å². The summed E-state index contributed by atoms with van der Waals surface area (Å²) in [7, 11) is 1.79. The summed E-state index contributed by atoms with van der Waals surface area (Å²) in [6.07, 6.45) is -0.118. The van der Waals surface area contributed by atoms with Crippen molar-refractivity contribution in [3.05, 3.63) is 53.3 Å². The molecule has 0 aliphatic rings. The average molecular weight is 325 g/mol. The predicted octanol–water partition coefficient (Wildman–Crippen LogP) is 3.25. The van der Waals surface area contributed by atoms with Crippen molar-refractivity contribution < 1.29 is 18.0 Å². The molecular weight excluding hydrogens is 307 g/mol. The molecule has 7 heteroatoms. The molecule has 0 saturated carbocycles. The van der Waals surface area contributed by atoms with Gasteiger partial charge in [0.1, 0.15) is 0 Å². The smallest absolute Gasteiger partial charge is 0.349 e. The van der Waals surface area contributed by atoms with Gasteiger partial charge in [0.05, 0.1) is 24.2 Å². The minimum absolute atomic E-state index is 0.0366. The second-order valence-electron chi connectivity index (χ2n) is 5.35. The first-order valence-corrected chi connectivity index (χ1v) is 7.23. The van der Waals surface area contributed by atoms with Gasteiger partial charge in [0, 0.05) is 18.8 Å². The summed E-state index contributed by atoms with van der Waals surface area (Å²) in [5.41, 5.74) is 0.718. The van der Waals surface area contributed by atoms with Crippen molar-refractivity contribution in [2.75, 3.05) is 0 Å². The third-order valence-corrected chi connectivity index (χ3v) is 3.52. The fraction of sp³-hybridized carbons (Fsp3) is 0.375. The van der Waals surface area contributed by atoms with Gasteiger partial charge in [-0.1, -0.05) is 19.1 Å². The van der Waals surface area contributed by atoms with E-state index in [-0.39, 0.29) is 18.4 Å². The first-order valence-electron chi connectivity index (χ1n) is 7.23. The number of hydrogen-bond donors (Lipinski definition) is 1. The Morgan fingerprint density at radius 1 is 1.30 bits per heavy atom. The lowest BCUT2D eigenvalue weighted by Crippen LogP contribution is -2.29. The SMILES string of the molecule is CCC(NC(=O)Cc1ccc(C(F)(F)F)cc1)c1cnn(C)c1. The summed E-state index contributed by atoms with van der Waals surface area (Å²) in [5.74, 6) is -0.236. The molecule has 23 heavy (non-hydrogen) atoms. The summed E-state index contributed by atoms with van der Waals surface area (Å²) in [6.45, 7) is 1.94. The number of aromatic nitrogens is 2. The minimum atomic E-state index is -4.37. The summed E-state index contributed by atoms with van der Waals surface area (Å²) < 4.78 is 39.2. The standard InChI is InChI=1S/C16H18F3N3O/c1-3-14(12-9-20-22(2)10-12)21-15(23)8-11-4-6-13(7-5-11)16(17,18)19/h4-7,9-10,14H,3,8H2,1-2H3,(H,21,23). The molecule has 0 spiro atoms. The summed E-state index contributed by atoms with van der Waals surface area (Å²) in [5, 5.41) is 6.94. The molecule has 1 aromatic heterocycles. The van der Waals surface area contributed by atoms with Gasteiger partial charge in [-0.2, -0.15) is 18.3 Å². The maximum Gasteiger partial charge on any atom is 0.416 e. The number of amides is 1. The van der Waals surface area contributed by atoms with Crippen LogP contribution in [0.15, 0.2) is 36.7 Å². The van der Waals surface area contributed by atoms with Crippen LogP contribution in [0.1, 0.15) is 36.1 Å². The van der Waals surface area contributed by atoms with Crippen LogP contribution in [-0.2, 0) is 24.4 Å². The van der Waals surface area contributed by atoms with Crippen molar-refractivity contribution >= 4 is 5.91 Å². The Morgan fingerprint density at radius 3 is 2.43 bits per heavy atom. The Labute approximate surface area is 132 Å². The van der Waals surface area contributed by atoms with Crippen LogP contribution in [0.25, 0.3) is 0 Å². The van der Waals surface area contributed by atoms with Gasteiger partial charge in [-0.15, -0.1) is 0 Å². The van der Waals surface area contributed by atoms with Gasteiger partial charge in [0.15, 0.2) is 0 Å². The van der Waals surface area contributed by atoms with Gasteiger partial charge in [-0.05, 0) is 24.1 Å². The van der Waals surface area contributed by atoms with E-state index in [1.54, 1.807) is 17.9 Å². The maximum atomic E-state index is 12.5. The molecule has 4 nitrogen and oxygen atoms in total. The van der Waals surface area contributed by atoms with Crippen LogP contribution in [-0.4, -0.2) is 15.7 Å². The number of aryl methyl sites for hydroxylation is 1. The molecule has 2 aromatic rings. The molecule has 1 atom stereocenters. The summed E-state index contributed by atoms with van der Waals surface area (Å²) >= 11 is 0. The molecule has 0 bridgehead atoms. The lowest BCUT2D eigenvalue weighted by atomic mass is 10.1. The molecule has 1 heterocycles. The van der Waals surface area contributed by atoms with E-state index in [0.717, 1.165) is 17.7 Å². The highest BCUT2D eigenvalue weighted by Crippen LogP contribution is 2.29. The van der Waals surface area contributed by atoms with Crippen LogP contribution < -0.4 is 5.32 Å². The molecule has 1 amide bonds. The van der Waals surface area contributed by atoms with Crippen molar-refractivity contribution in [3.8, 4) is 0 Å². The quantitative estimate of drug-likeness (QED) is 0.917. The van der Waals surface area contributed by atoms with Gasteiger partial charge in [0.25, 0.3) is 0 Å². The van der Waals surface area contributed by atoms with Crippen LogP contribution >= 0.6 is 0 Å². The zero-order valence-corrected chi connectivity index (χ0v) is 12.9. The van der Waals surface area contributed by atoms with Crippen LogP contribution in [0, 0.1) is 0 Å². The normalized spacial score (nSPS) is 12.9. The number of benzene rings is 1. The zero-order chi connectivity index (χ0) is 17.0. The van der Waals surface area contributed by atoms with Gasteiger partial charge < -0.3 is 5.32 Å². The number of halogens is 3. The third kappa shape index (κ3) is 4.58. The third-order valence-electron chi connectivity index (χ3n) is 3.52. The predicted molar refractivity (Wildman–Crippen MR) is 79.5 cm³/mol. The van der Waals surface area contributed by atoms with E-state index in [2.05, 4.69) is 10.4 Å². The molecule has 1 N–H and O–H groups in total. The second kappa shape index (κ2) is 6.85. The van der Waals surface area contributed by atoms with Crippen LogP contribution in [0.2, 0.25) is 0 Å². The largest absolute Gasteiger partial charge is 0.416 e. The molecule has 0 aliphatic carbocycles. The van der Waals surface area contributed by atoms with Crippen LogP contribution in [0.3, 0.4) is 0 Å². The second-order valence-corrected chi connectivity index (χ2v) is 5.35. The number of carbonyl (C=O) groups is 1. The Hall–Kier alpha value is -2.31. The number of alkyl halides is 3. The van der Waals surface area contributed by atoms with Crippen molar-refractivity contribution in [2.24, 2.45) is 7.05 Å². The zero-order valence-electron chi connectivity index (χ0n) is 12.9. The Bertz CT molecular complexity index is 662. The van der Waals surface area contributed by atoms with Crippen molar-refractivity contribution in [1.29, 1.82) is 0 Å². The molecule has 0 aliphatic heterocycles. The van der Waals surface area contributed by atoms with Crippen molar-refractivity contribution in [2.45, 2.75) is 32.0 Å². The highest BCUT2D eigenvalue weighted by molar-refractivity contribution is 5.79. The molecule has 1 unspecified atom stereocenters. The fourth-order valence-corrected chi connectivity index (χ4v) is 2.28. The molecule has 0 radical (unpaired) electrons. The first kappa shape index (κ1) is 17.1. The van der Waals surface area contributed by atoms with Crippen LogP contribution in [0.5, 0.6) is 0 Å². The topological polar surface area (TPSA) is 46.9 Å². The molecule has 0 saturated heterocycles. The van der Waals surface area contributed by atoms with E-state index >= 15 is 0 Å². The summed E-state index contributed by atoms with van der Waals surface area (Å²) in [4.78, 5) is 12.1. The number of carbonyl (C=O) groups excluding carboxylic acids is 1. The molecule has 124 valence electrons. The van der Waals surface area contributed by atoms with Gasteiger partial charge in [0.2, 0.25) is 5.91 Å². The van der Waals surface area contributed by atoms with E-state index in [1.807, 2.05) is 13.1 Å². The van der Waals surface area contributed by atoms with Gasteiger partial charge >= 0.3 is 6.18 Å². The monoisotopic (exact) mass is 325 g/mol. The lowest BCUT2D eigenvalue weighted by molar-refractivity contribution is -0.137. The lowest BCUT2D eigenvalue weighted by Gasteiger charge is -2.15. The average Bonchev–Trinajstić information content (AvgIpc) is 2.91. The van der Waals surface area contributed by atoms with E-state index in [9.17, 15) is 18.0 Å². The molecule has 0 fully saturated rings. The molecule has 2 rings (SSSR count). The van der Waals surface area contributed by atoms with E-state index in [1.165, 1.54) is 12.1 Å². The van der Waals surface area contributed by atoms with Crippen LogP contribution in [0.4, 0.5) is 13.2 Å². The number of nitrogens with one attached hydrogen (secondary N) is 1. The van der Waals surface area contributed by atoms with E-state index < -0.39 is 11.7 Å². The van der Waals surface area contributed by atoms with Crippen molar-refractivity contribution in [3.63, 3.8) is 0 Å². The summed E-state index contributed by atoms with van der Waals surface area (Å²) in [6, 6.07) is 4.47. The maximum absolute atomic E-state index is 12.5. The number of nitrogens with zero attached hydrogens (tertiary/aromatic N) is 2.